The van der Waals surface area contributed by atoms with E-state index in [0.29, 0.717) is 18.9 Å². The Morgan fingerprint density at radius 2 is 2.13 bits per heavy atom. The Morgan fingerprint density at radius 1 is 1.35 bits per heavy atom. The van der Waals surface area contributed by atoms with Crippen molar-refractivity contribution in [2.24, 2.45) is 0 Å². The molecule has 2 aliphatic rings. The summed E-state index contributed by atoms with van der Waals surface area (Å²) in [5.74, 6) is 0.352. The van der Waals surface area contributed by atoms with Crippen LogP contribution in [0.1, 0.15) is 25.7 Å². The van der Waals surface area contributed by atoms with Gasteiger partial charge < -0.3 is 9.64 Å². The summed E-state index contributed by atoms with van der Waals surface area (Å²) in [5.41, 5.74) is 0. The Kier molecular flexibility index (Phi) is 4.77. The number of halogens is 1. The lowest BCUT2D eigenvalue weighted by Crippen LogP contribution is -2.47. The van der Waals surface area contributed by atoms with Crippen molar-refractivity contribution >= 4 is 5.91 Å². The lowest BCUT2D eigenvalue weighted by Gasteiger charge is -2.23. The molecule has 3 rings (SSSR count). The minimum Gasteiger partial charge on any atom is -0.492 e. The number of hydrogen-bond donors (Lipinski definition) is 1. The summed E-state index contributed by atoms with van der Waals surface area (Å²) < 4.78 is 18.5. The van der Waals surface area contributed by atoms with Crippen LogP contribution < -0.4 is 10.1 Å². The molecule has 5 nitrogen and oxygen atoms in total. The predicted octanol–water partition coefficient (Wildman–Crippen LogP) is 1.84. The minimum atomic E-state index is -0.292. The minimum absolute atomic E-state index is 0.0262. The summed E-state index contributed by atoms with van der Waals surface area (Å²) in [5, 5.41) is 12.4. The number of carbonyl (C=O) groups excluding carboxylic acids is 1. The van der Waals surface area contributed by atoms with Crippen LogP contribution in [0.2, 0.25) is 0 Å². The van der Waals surface area contributed by atoms with E-state index in [2.05, 4.69) is 11.4 Å². The normalized spacial score (nSPS) is 27.0. The van der Waals surface area contributed by atoms with Gasteiger partial charge in [0.05, 0.1) is 12.1 Å². The van der Waals surface area contributed by atoms with Gasteiger partial charge in [0, 0.05) is 12.6 Å². The van der Waals surface area contributed by atoms with Gasteiger partial charge in [-0.05, 0) is 49.9 Å². The van der Waals surface area contributed by atoms with Crippen LogP contribution in [0.15, 0.2) is 24.3 Å². The molecule has 0 aromatic heterocycles. The first-order chi connectivity index (χ1) is 11.2. The van der Waals surface area contributed by atoms with Crippen LogP contribution in [0.4, 0.5) is 4.39 Å². The first-order valence-corrected chi connectivity index (χ1v) is 8.02. The number of hydrogen-bond acceptors (Lipinski definition) is 4. The third kappa shape index (κ3) is 3.62. The summed E-state index contributed by atoms with van der Waals surface area (Å²) >= 11 is 0. The zero-order valence-electron chi connectivity index (χ0n) is 12.9. The van der Waals surface area contributed by atoms with Crippen molar-refractivity contribution < 1.29 is 13.9 Å². The van der Waals surface area contributed by atoms with Gasteiger partial charge in [0.25, 0.3) is 0 Å². The SMILES string of the molecule is N#C[C@@H]1CCCN1C(=O)[C@H]1CC[C@H](COc2ccc(F)cc2)N1. The van der Waals surface area contributed by atoms with E-state index in [0.717, 1.165) is 25.7 Å². The van der Waals surface area contributed by atoms with E-state index in [-0.39, 0.29) is 29.8 Å². The smallest absolute Gasteiger partial charge is 0.240 e. The van der Waals surface area contributed by atoms with Crippen LogP contribution >= 0.6 is 0 Å². The maximum absolute atomic E-state index is 12.8. The number of carbonyl (C=O) groups is 1. The second kappa shape index (κ2) is 6.97. The lowest BCUT2D eigenvalue weighted by molar-refractivity contribution is -0.133. The zero-order valence-corrected chi connectivity index (χ0v) is 12.9. The molecule has 23 heavy (non-hydrogen) atoms. The maximum atomic E-state index is 12.8. The number of amides is 1. The van der Waals surface area contributed by atoms with Crippen LogP contribution in [0, 0.1) is 17.1 Å². The van der Waals surface area contributed by atoms with Gasteiger partial charge in [0.1, 0.15) is 24.2 Å². The first-order valence-electron chi connectivity index (χ1n) is 8.02. The van der Waals surface area contributed by atoms with Gasteiger partial charge in [0.15, 0.2) is 0 Å². The molecular formula is C17H20FN3O2. The molecule has 0 radical (unpaired) electrons. The van der Waals surface area contributed by atoms with Gasteiger partial charge in [-0.25, -0.2) is 4.39 Å². The molecule has 0 spiro atoms. The van der Waals surface area contributed by atoms with E-state index in [4.69, 9.17) is 10.00 Å². The molecule has 2 fully saturated rings. The average Bonchev–Trinajstić information content (AvgIpc) is 3.23. The molecular weight excluding hydrogens is 297 g/mol. The van der Waals surface area contributed by atoms with Crippen molar-refractivity contribution in [2.45, 2.75) is 43.8 Å². The van der Waals surface area contributed by atoms with E-state index >= 15 is 0 Å². The van der Waals surface area contributed by atoms with Gasteiger partial charge in [-0.15, -0.1) is 0 Å². The van der Waals surface area contributed by atoms with Crippen LogP contribution in [-0.2, 0) is 4.79 Å². The van der Waals surface area contributed by atoms with Gasteiger partial charge in [-0.2, -0.15) is 5.26 Å². The molecule has 3 atom stereocenters. The fourth-order valence-electron chi connectivity index (χ4n) is 3.24. The van der Waals surface area contributed by atoms with Crippen molar-refractivity contribution in [3.63, 3.8) is 0 Å². The molecule has 1 aromatic rings. The monoisotopic (exact) mass is 317 g/mol. The fourth-order valence-corrected chi connectivity index (χ4v) is 3.24. The molecule has 0 aliphatic carbocycles. The van der Waals surface area contributed by atoms with E-state index in [9.17, 15) is 9.18 Å². The van der Waals surface area contributed by atoms with Crippen molar-refractivity contribution in [1.82, 2.24) is 10.2 Å². The third-order valence-electron chi connectivity index (χ3n) is 4.49. The highest BCUT2D eigenvalue weighted by Gasteiger charge is 2.36. The molecule has 2 heterocycles. The van der Waals surface area contributed by atoms with Gasteiger partial charge in [0.2, 0.25) is 5.91 Å². The summed E-state index contributed by atoms with van der Waals surface area (Å²) in [6, 6.07) is 7.69. The Bertz CT molecular complexity index is 599. The highest BCUT2D eigenvalue weighted by molar-refractivity contribution is 5.83. The maximum Gasteiger partial charge on any atom is 0.240 e. The third-order valence-corrected chi connectivity index (χ3v) is 4.49. The first kappa shape index (κ1) is 15.8. The largest absolute Gasteiger partial charge is 0.492 e. The second-order valence-electron chi connectivity index (χ2n) is 6.08. The number of likely N-dealkylation sites (tertiary alicyclic amines) is 1. The lowest BCUT2D eigenvalue weighted by atomic mass is 10.1. The van der Waals surface area contributed by atoms with Crippen LogP contribution in [0.3, 0.4) is 0 Å². The molecule has 1 amide bonds. The fraction of sp³-hybridized carbons (Fsp3) is 0.529. The quantitative estimate of drug-likeness (QED) is 0.920. The summed E-state index contributed by atoms with van der Waals surface area (Å²) in [6.45, 7) is 1.11. The molecule has 0 saturated carbocycles. The summed E-state index contributed by atoms with van der Waals surface area (Å²) in [4.78, 5) is 14.2. The predicted molar refractivity (Wildman–Crippen MR) is 82.2 cm³/mol. The van der Waals surface area contributed by atoms with Crippen molar-refractivity contribution in [1.29, 1.82) is 5.26 Å². The van der Waals surface area contributed by atoms with E-state index in [1.807, 2.05) is 0 Å². The van der Waals surface area contributed by atoms with Gasteiger partial charge >= 0.3 is 0 Å². The molecule has 2 aliphatic heterocycles. The molecule has 1 N–H and O–H groups in total. The molecule has 1 aromatic carbocycles. The van der Waals surface area contributed by atoms with E-state index in [1.165, 1.54) is 12.1 Å². The zero-order chi connectivity index (χ0) is 16.2. The van der Waals surface area contributed by atoms with Crippen molar-refractivity contribution in [2.75, 3.05) is 13.2 Å². The molecule has 0 unspecified atom stereocenters. The van der Waals surface area contributed by atoms with E-state index in [1.54, 1.807) is 17.0 Å². The molecule has 2 saturated heterocycles. The highest BCUT2D eigenvalue weighted by Crippen LogP contribution is 2.22. The molecule has 6 heteroatoms. The summed E-state index contributed by atoms with van der Waals surface area (Å²) in [6.07, 6.45) is 3.27. The van der Waals surface area contributed by atoms with Gasteiger partial charge in [-0.1, -0.05) is 0 Å². The Balaban J connectivity index is 1.49. The second-order valence-corrected chi connectivity index (χ2v) is 6.08. The summed E-state index contributed by atoms with van der Waals surface area (Å²) in [7, 11) is 0. The Labute approximate surface area is 135 Å². The van der Waals surface area contributed by atoms with Crippen LogP contribution in [-0.4, -0.2) is 42.1 Å². The van der Waals surface area contributed by atoms with Gasteiger partial charge in [-0.3, -0.25) is 10.1 Å². The number of ether oxygens (including phenoxy) is 1. The highest BCUT2D eigenvalue weighted by atomic mass is 19.1. The van der Waals surface area contributed by atoms with Crippen LogP contribution in [0.25, 0.3) is 0 Å². The Hall–Kier alpha value is -2.13. The standard InChI is InChI=1S/C17H20FN3O2/c18-12-3-6-15(7-4-12)23-11-13-5-8-16(20-13)17(22)21-9-1-2-14(21)10-19/h3-4,6-7,13-14,16,20H,1-2,5,8-9,11H2/t13-,14+,16-/m1/s1. The van der Waals surface area contributed by atoms with Crippen molar-refractivity contribution in [3.05, 3.63) is 30.1 Å². The van der Waals surface area contributed by atoms with E-state index < -0.39 is 0 Å². The van der Waals surface area contributed by atoms with Crippen LogP contribution in [0.5, 0.6) is 5.75 Å². The Morgan fingerprint density at radius 3 is 2.87 bits per heavy atom. The number of nitrogens with one attached hydrogen (secondary N) is 1. The topological polar surface area (TPSA) is 65.4 Å². The molecule has 0 bridgehead atoms. The number of rotatable bonds is 4. The average molecular weight is 317 g/mol. The molecule has 122 valence electrons. The number of nitrogens with zero attached hydrogens (tertiary/aromatic N) is 2. The number of benzene rings is 1. The van der Waals surface area contributed by atoms with Crippen molar-refractivity contribution in [3.8, 4) is 11.8 Å². The number of nitriles is 1.